The van der Waals surface area contributed by atoms with Gasteiger partial charge in [0.1, 0.15) is 41.5 Å². The number of nitrogens with zero attached hydrogens (tertiary/aromatic N) is 1. The van der Waals surface area contributed by atoms with Gasteiger partial charge in [-0.2, -0.15) is 0 Å². The van der Waals surface area contributed by atoms with Gasteiger partial charge in [0, 0.05) is 48.7 Å². The number of rotatable bonds is 6. The highest BCUT2D eigenvalue weighted by Gasteiger charge is 2.34. The molecule has 3 aromatic carbocycles. The lowest BCUT2D eigenvalue weighted by Crippen LogP contribution is -2.49. The summed E-state index contributed by atoms with van der Waals surface area (Å²) in [4.78, 5) is 2.19. The van der Waals surface area contributed by atoms with Crippen LogP contribution in [0.15, 0.2) is 60.7 Å². The van der Waals surface area contributed by atoms with E-state index < -0.39 is 6.10 Å². The molecule has 7 heteroatoms. The molecule has 1 saturated heterocycles. The topological polar surface area (TPSA) is 71.4 Å². The minimum absolute atomic E-state index is 0.148. The fraction of sp³-hybridized carbons (Fsp3) is 0.310. The molecule has 0 unspecified atom stereocenters. The van der Waals surface area contributed by atoms with Gasteiger partial charge in [0.05, 0.1) is 13.3 Å². The van der Waals surface area contributed by atoms with Crippen LogP contribution in [0.2, 0.25) is 0 Å². The number of alkyl halides is 1. The van der Waals surface area contributed by atoms with Crippen LogP contribution in [-0.2, 0) is 0 Å². The van der Waals surface area contributed by atoms with E-state index in [2.05, 4.69) is 4.90 Å². The summed E-state index contributed by atoms with van der Waals surface area (Å²) in [5.74, 6) is 2.64. The van der Waals surface area contributed by atoms with Crippen LogP contribution >= 0.6 is 0 Å². The molecular formula is C29H28FNO5. The lowest BCUT2D eigenvalue weighted by molar-refractivity contribution is 0.0668. The number of halogens is 1. The van der Waals surface area contributed by atoms with Gasteiger partial charge in [-0.05, 0) is 59.7 Å². The van der Waals surface area contributed by atoms with E-state index in [1.807, 2.05) is 24.3 Å². The predicted molar refractivity (Wildman–Crippen MR) is 134 cm³/mol. The Kier molecular flexibility index (Phi) is 5.93. The molecule has 0 aliphatic carbocycles. The first-order chi connectivity index (χ1) is 17.6. The molecule has 2 N–H and O–H groups in total. The van der Waals surface area contributed by atoms with Gasteiger partial charge in [0.15, 0.2) is 0 Å². The van der Waals surface area contributed by atoms with Crippen LogP contribution in [0.5, 0.6) is 28.7 Å². The van der Waals surface area contributed by atoms with Crippen LogP contribution < -0.4 is 14.2 Å². The highest BCUT2D eigenvalue weighted by molar-refractivity contribution is 5.98. The van der Waals surface area contributed by atoms with Crippen molar-refractivity contribution >= 4 is 11.1 Å². The van der Waals surface area contributed by atoms with Gasteiger partial charge in [-0.25, -0.2) is 0 Å². The van der Waals surface area contributed by atoms with E-state index in [0.29, 0.717) is 31.1 Å². The summed E-state index contributed by atoms with van der Waals surface area (Å²) in [6.07, 6.45) is 0.217. The molecule has 1 atom stereocenters. The normalized spacial score (nSPS) is 19.2. The van der Waals surface area contributed by atoms with Crippen LogP contribution in [0.25, 0.3) is 11.1 Å². The summed E-state index contributed by atoms with van der Waals surface area (Å²) in [6, 6.07) is 18.1. The number of likely N-dealkylation sites (tertiary alicyclic amines) is 1. The highest BCUT2D eigenvalue weighted by Crippen LogP contribution is 2.52. The molecule has 36 heavy (non-hydrogen) atoms. The number of ether oxygens (including phenoxy) is 3. The quantitative estimate of drug-likeness (QED) is 0.496. The Balaban J connectivity index is 1.30. The Bertz CT molecular complexity index is 1300. The third-order valence-corrected chi connectivity index (χ3v) is 7.09. The number of fused-ring (bicyclic) bond motifs is 4. The van der Waals surface area contributed by atoms with E-state index >= 15 is 0 Å². The molecular weight excluding hydrogens is 461 g/mol. The van der Waals surface area contributed by atoms with Gasteiger partial charge in [-0.15, -0.1) is 0 Å². The van der Waals surface area contributed by atoms with Crippen molar-refractivity contribution in [1.82, 2.24) is 4.90 Å². The molecule has 0 saturated carbocycles. The zero-order valence-electron chi connectivity index (χ0n) is 19.8. The first-order valence-corrected chi connectivity index (χ1v) is 12.3. The van der Waals surface area contributed by atoms with E-state index in [-0.39, 0.29) is 24.1 Å². The number of phenols is 2. The zero-order valence-corrected chi connectivity index (χ0v) is 19.8. The van der Waals surface area contributed by atoms with E-state index in [9.17, 15) is 14.6 Å². The maximum Gasteiger partial charge on any atom is 0.150 e. The lowest BCUT2D eigenvalue weighted by Gasteiger charge is -2.37. The van der Waals surface area contributed by atoms with Crippen LogP contribution in [-0.4, -0.2) is 54.6 Å². The third kappa shape index (κ3) is 4.24. The maximum atomic E-state index is 12.6. The van der Waals surface area contributed by atoms with Crippen molar-refractivity contribution in [2.75, 3.05) is 39.5 Å². The molecule has 0 bridgehead atoms. The zero-order chi connectivity index (χ0) is 24.6. The summed E-state index contributed by atoms with van der Waals surface area (Å²) in [6.45, 7) is 3.17. The van der Waals surface area contributed by atoms with Crippen LogP contribution in [0.1, 0.15) is 29.2 Å². The molecule has 1 fully saturated rings. The number of phenolic OH excluding ortho intramolecular Hbond substituents is 2. The molecule has 0 amide bonds. The molecule has 3 heterocycles. The van der Waals surface area contributed by atoms with Crippen molar-refractivity contribution in [1.29, 1.82) is 0 Å². The molecule has 3 aromatic rings. The summed E-state index contributed by atoms with van der Waals surface area (Å²) in [7, 11) is 0. The minimum Gasteiger partial charge on any atom is -0.508 e. The second kappa shape index (κ2) is 9.39. The molecule has 0 radical (unpaired) electrons. The third-order valence-electron chi connectivity index (χ3n) is 7.09. The van der Waals surface area contributed by atoms with Gasteiger partial charge in [-0.3, -0.25) is 9.29 Å². The summed E-state index contributed by atoms with van der Waals surface area (Å²) in [5, 5.41) is 20.4. The van der Waals surface area contributed by atoms with E-state index in [1.54, 1.807) is 36.4 Å². The van der Waals surface area contributed by atoms with Crippen LogP contribution in [0, 0.1) is 5.92 Å². The summed E-state index contributed by atoms with van der Waals surface area (Å²) >= 11 is 0. The van der Waals surface area contributed by atoms with Crippen molar-refractivity contribution in [2.45, 2.75) is 12.5 Å². The van der Waals surface area contributed by atoms with Crippen molar-refractivity contribution in [3.05, 3.63) is 77.4 Å². The fourth-order valence-corrected chi connectivity index (χ4v) is 5.26. The molecule has 6 nitrogen and oxygen atoms in total. The number of benzene rings is 3. The Hall–Kier alpha value is -3.71. The molecule has 0 spiro atoms. The number of aromatic hydroxyl groups is 2. The second-order valence-electron chi connectivity index (χ2n) is 9.55. The van der Waals surface area contributed by atoms with Crippen LogP contribution in [0.3, 0.4) is 0 Å². The van der Waals surface area contributed by atoms with E-state index in [4.69, 9.17) is 14.2 Å². The fourth-order valence-electron chi connectivity index (χ4n) is 5.26. The maximum absolute atomic E-state index is 12.6. The minimum atomic E-state index is -0.424. The van der Waals surface area contributed by atoms with Gasteiger partial charge in [0.2, 0.25) is 0 Å². The Labute approximate surface area is 209 Å². The van der Waals surface area contributed by atoms with Crippen LogP contribution in [0.4, 0.5) is 4.39 Å². The molecule has 3 aliphatic rings. The molecule has 0 aromatic heterocycles. The van der Waals surface area contributed by atoms with E-state index in [0.717, 1.165) is 53.2 Å². The second-order valence-corrected chi connectivity index (χ2v) is 9.55. The number of hydrogen-bond acceptors (Lipinski definition) is 6. The summed E-state index contributed by atoms with van der Waals surface area (Å²) in [5.41, 5.74) is 4.51. The first-order valence-electron chi connectivity index (χ1n) is 12.3. The van der Waals surface area contributed by atoms with Gasteiger partial charge in [-0.1, -0.05) is 12.1 Å². The lowest BCUT2D eigenvalue weighted by atomic mass is 9.84. The average molecular weight is 490 g/mol. The predicted octanol–water partition coefficient (Wildman–Crippen LogP) is 5.20. The Morgan fingerprint density at radius 1 is 0.917 bits per heavy atom. The standard InChI is InChI=1S/C29H28FNO5/c30-15-18-16-31(17-18)10-12-34-22-5-1-19(2-6-22)29-28-23(24-13-20(32)4-8-27(24)36-29)9-11-35-26-7-3-21(33)14-25(26)28/h1-8,13-14,18,29,32-33H,9-12,15-17H2/t29-/m0/s1. The highest BCUT2D eigenvalue weighted by atomic mass is 19.1. The van der Waals surface area contributed by atoms with Crippen molar-refractivity contribution in [2.24, 2.45) is 5.92 Å². The first kappa shape index (κ1) is 22.7. The largest absolute Gasteiger partial charge is 0.508 e. The van der Waals surface area contributed by atoms with Gasteiger partial charge in [0.25, 0.3) is 0 Å². The van der Waals surface area contributed by atoms with Gasteiger partial charge >= 0.3 is 0 Å². The monoisotopic (exact) mass is 489 g/mol. The molecule has 6 rings (SSSR count). The molecule has 3 aliphatic heterocycles. The van der Waals surface area contributed by atoms with E-state index in [1.165, 1.54) is 0 Å². The van der Waals surface area contributed by atoms with Crippen molar-refractivity contribution in [3.8, 4) is 28.7 Å². The van der Waals surface area contributed by atoms with Gasteiger partial charge < -0.3 is 24.4 Å². The Morgan fingerprint density at radius 3 is 2.39 bits per heavy atom. The molecule has 186 valence electrons. The SMILES string of the molecule is Oc1ccc2c(c1)C1=C(c3cc(O)ccc3OCC1)[C@H](c1ccc(OCCN3CC(CF)C3)cc1)O2. The smallest absolute Gasteiger partial charge is 0.150 e. The summed E-state index contributed by atoms with van der Waals surface area (Å²) < 4.78 is 31.1. The number of hydrogen-bond donors (Lipinski definition) is 2. The van der Waals surface area contributed by atoms with Crippen molar-refractivity contribution in [3.63, 3.8) is 0 Å². The Morgan fingerprint density at radius 2 is 1.64 bits per heavy atom. The average Bonchev–Trinajstić information content (AvgIpc) is 3.05. The van der Waals surface area contributed by atoms with Crippen molar-refractivity contribution < 1.29 is 28.8 Å².